The van der Waals surface area contributed by atoms with E-state index in [0.29, 0.717) is 0 Å². The van der Waals surface area contributed by atoms with Crippen LogP contribution >= 0.6 is 15.9 Å². The first-order chi connectivity index (χ1) is 8.93. The molecule has 0 aliphatic carbocycles. The van der Waals surface area contributed by atoms with E-state index in [-0.39, 0.29) is 10.2 Å². The molecule has 0 amide bonds. The van der Waals surface area contributed by atoms with Crippen molar-refractivity contribution in [3.63, 3.8) is 0 Å². The second-order valence-corrected chi connectivity index (χ2v) is 6.04. The zero-order valence-corrected chi connectivity index (χ0v) is 12.4. The Morgan fingerprint density at radius 1 is 0.947 bits per heavy atom. The van der Waals surface area contributed by atoms with Crippen molar-refractivity contribution in [2.24, 2.45) is 0 Å². The smallest absolute Gasteiger partial charge is 0.159 e. The van der Waals surface area contributed by atoms with Crippen molar-refractivity contribution in [1.29, 1.82) is 0 Å². The largest absolute Gasteiger partial charge is 0.204 e. The van der Waals surface area contributed by atoms with Gasteiger partial charge in [0.05, 0.1) is 0 Å². The molecule has 3 heteroatoms. The maximum absolute atomic E-state index is 13.3. The number of rotatable bonds is 3. The number of alkyl halides is 1. The van der Waals surface area contributed by atoms with Crippen molar-refractivity contribution in [3.8, 4) is 0 Å². The SMILES string of the molecule is CC(C)(c1ccccc1)C(Br)c1ccc(F)c(F)c1. The summed E-state index contributed by atoms with van der Waals surface area (Å²) in [5, 5.41) is 0. The van der Waals surface area contributed by atoms with Crippen molar-refractivity contribution >= 4 is 15.9 Å². The van der Waals surface area contributed by atoms with Gasteiger partial charge in [-0.25, -0.2) is 8.78 Å². The minimum atomic E-state index is -0.819. The molecule has 0 radical (unpaired) electrons. The molecule has 1 atom stereocenters. The summed E-state index contributed by atoms with van der Waals surface area (Å²) in [4.78, 5) is -0.0995. The zero-order chi connectivity index (χ0) is 14.0. The van der Waals surface area contributed by atoms with Crippen LogP contribution in [-0.2, 0) is 5.41 Å². The maximum atomic E-state index is 13.3. The van der Waals surface area contributed by atoms with Crippen LogP contribution in [0.5, 0.6) is 0 Å². The van der Waals surface area contributed by atoms with Crippen molar-refractivity contribution in [2.45, 2.75) is 24.1 Å². The fourth-order valence-corrected chi connectivity index (χ4v) is 2.65. The van der Waals surface area contributed by atoms with Crippen LogP contribution in [0, 0.1) is 11.6 Å². The summed E-state index contributed by atoms with van der Waals surface area (Å²) in [7, 11) is 0. The monoisotopic (exact) mass is 324 g/mol. The molecule has 0 aliphatic rings. The number of benzene rings is 2. The molecule has 0 aliphatic heterocycles. The van der Waals surface area contributed by atoms with Gasteiger partial charge < -0.3 is 0 Å². The molecule has 0 saturated heterocycles. The Bertz CT molecular complexity index is 564. The molecule has 0 N–H and O–H groups in total. The molecule has 0 aromatic heterocycles. The molecule has 2 aromatic carbocycles. The quantitative estimate of drug-likeness (QED) is 0.665. The highest BCUT2D eigenvalue weighted by molar-refractivity contribution is 9.09. The topological polar surface area (TPSA) is 0 Å². The van der Waals surface area contributed by atoms with E-state index in [1.807, 2.05) is 30.3 Å². The molecule has 0 bridgehead atoms. The van der Waals surface area contributed by atoms with Gasteiger partial charge >= 0.3 is 0 Å². The second-order valence-electron chi connectivity index (χ2n) is 5.12. The Morgan fingerprint density at radius 2 is 1.58 bits per heavy atom. The van der Waals surface area contributed by atoms with E-state index in [1.54, 1.807) is 6.07 Å². The van der Waals surface area contributed by atoms with Gasteiger partial charge in [0.25, 0.3) is 0 Å². The third kappa shape index (κ3) is 2.86. The van der Waals surface area contributed by atoms with Crippen molar-refractivity contribution in [1.82, 2.24) is 0 Å². The summed E-state index contributed by atoms with van der Waals surface area (Å²) >= 11 is 3.61. The van der Waals surface area contributed by atoms with Crippen LogP contribution in [0.4, 0.5) is 8.78 Å². The molecule has 2 rings (SSSR count). The number of hydrogen-bond acceptors (Lipinski definition) is 0. The molecule has 0 fully saturated rings. The normalized spacial score (nSPS) is 13.3. The second kappa shape index (κ2) is 5.41. The molecule has 100 valence electrons. The van der Waals surface area contributed by atoms with Crippen LogP contribution < -0.4 is 0 Å². The van der Waals surface area contributed by atoms with E-state index in [4.69, 9.17) is 0 Å². The first-order valence-electron chi connectivity index (χ1n) is 6.07. The van der Waals surface area contributed by atoms with Crippen LogP contribution in [-0.4, -0.2) is 0 Å². The number of halogens is 3. The van der Waals surface area contributed by atoms with Crippen LogP contribution in [0.25, 0.3) is 0 Å². The van der Waals surface area contributed by atoms with Gasteiger partial charge in [0, 0.05) is 10.2 Å². The molecule has 0 saturated carbocycles. The van der Waals surface area contributed by atoms with Gasteiger partial charge in [0.15, 0.2) is 11.6 Å². The average Bonchev–Trinajstić information content (AvgIpc) is 2.42. The minimum absolute atomic E-state index is 0.0995. The third-order valence-corrected chi connectivity index (χ3v) is 5.06. The predicted molar refractivity (Wildman–Crippen MR) is 77.5 cm³/mol. The molecule has 19 heavy (non-hydrogen) atoms. The van der Waals surface area contributed by atoms with Crippen molar-refractivity contribution in [3.05, 3.63) is 71.3 Å². The molecule has 0 heterocycles. The lowest BCUT2D eigenvalue weighted by Crippen LogP contribution is -2.23. The summed E-state index contributed by atoms with van der Waals surface area (Å²) in [6.07, 6.45) is 0. The van der Waals surface area contributed by atoms with Crippen LogP contribution in [0.3, 0.4) is 0 Å². The molecule has 0 nitrogen and oxygen atoms in total. The summed E-state index contributed by atoms with van der Waals surface area (Å²) in [5.41, 5.74) is 1.64. The first kappa shape index (κ1) is 14.2. The van der Waals surface area contributed by atoms with E-state index in [1.165, 1.54) is 12.1 Å². The van der Waals surface area contributed by atoms with E-state index >= 15 is 0 Å². The van der Waals surface area contributed by atoms with Crippen molar-refractivity contribution in [2.75, 3.05) is 0 Å². The lowest BCUT2D eigenvalue weighted by Gasteiger charge is -2.31. The van der Waals surface area contributed by atoms with Gasteiger partial charge in [-0.2, -0.15) is 0 Å². The van der Waals surface area contributed by atoms with Gasteiger partial charge in [-0.3, -0.25) is 0 Å². The highest BCUT2D eigenvalue weighted by Crippen LogP contribution is 2.43. The number of hydrogen-bond donors (Lipinski definition) is 0. The maximum Gasteiger partial charge on any atom is 0.159 e. The zero-order valence-electron chi connectivity index (χ0n) is 10.8. The third-order valence-electron chi connectivity index (χ3n) is 3.39. The van der Waals surface area contributed by atoms with E-state index in [9.17, 15) is 8.78 Å². The molecular weight excluding hydrogens is 310 g/mol. The molecule has 2 aromatic rings. The van der Waals surface area contributed by atoms with E-state index in [0.717, 1.165) is 11.1 Å². The Hall–Kier alpha value is -1.22. The van der Waals surface area contributed by atoms with Crippen LogP contribution in [0.1, 0.15) is 29.8 Å². The molecule has 1 unspecified atom stereocenters. The Kier molecular flexibility index (Phi) is 4.04. The summed E-state index contributed by atoms with van der Waals surface area (Å²) < 4.78 is 26.3. The van der Waals surface area contributed by atoms with Crippen molar-refractivity contribution < 1.29 is 8.78 Å². The van der Waals surface area contributed by atoms with Gasteiger partial charge in [-0.15, -0.1) is 0 Å². The Morgan fingerprint density at radius 3 is 2.16 bits per heavy atom. The van der Waals surface area contributed by atoms with Crippen LogP contribution in [0.15, 0.2) is 48.5 Å². The summed E-state index contributed by atoms with van der Waals surface area (Å²) in [6, 6.07) is 14.0. The van der Waals surface area contributed by atoms with Gasteiger partial charge in [0.1, 0.15) is 0 Å². The lowest BCUT2D eigenvalue weighted by molar-refractivity contribution is 0.494. The Labute approximate surface area is 120 Å². The van der Waals surface area contributed by atoms with Crippen LogP contribution in [0.2, 0.25) is 0 Å². The van der Waals surface area contributed by atoms with Gasteiger partial charge in [-0.05, 0) is 23.3 Å². The fraction of sp³-hybridized carbons (Fsp3) is 0.250. The van der Waals surface area contributed by atoms with E-state index < -0.39 is 11.6 Å². The minimum Gasteiger partial charge on any atom is -0.204 e. The summed E-state index contributed by atoms with van der Waals surface area (Å²) in [5.74, 6) is -1.63. The highest BCUT2D eigenvalue weighted by atomic mass is 79.9. The lowest BCUT2D eigenvalue weighted by atomic mass is 9.79. The average molecular weight is 325 g/mol. The first-order valence-corrected chi connectivity index (χ1v) is 6.99. The fourth-order valence-electron chi connectivity index (χ4n) is 2.10. The molecule has 0 spiro atoms. The standard InChI is InChI=1S/C16H15BrF2/c1-16(2,12-6-4-3-5-7-12)15(17)11-8-9-13(18)14(19)10-11/h3-10,15H,1-2H3. The highest BCUT2D eigenvalue weighted by Gasteiger charge is 2.30. The molecular formula is C16H15BrF2. The Balaban J connectivity index is 2.37. The predicted octanol–water partition coefficient (Wildman–Crippen LogP) is 5.38. The summed E-state index contributed by atoms with van der Waals surface area (Å²) in [6.45, 7) is 4.14. The van der Waals surface area contributed by atoms with Gasteiger partial charge in [0.2, 0.25) is 0 Å². The van der Waals surface area contributed by atoms with E-state index in [2.05, 4.69) is 29.8 Å². The van der Waals surface area contributed by atoms with Gasteiger partial charge in [-0.1, -0.05) is 66.2 Å².